The van der Waals surface area contributed by atoms with Crippen molar-refractivity contribution in [2.75, 3.05) is 6.61 Å². The van der Waals surface area contributed by atoms with Crippen LogP contribution < -0.4 is 0 Å². The number of nitrogens with one attached hydrogen (secondary N) is 1. The highest BCUT2D eigenvalue weighted by atomic mass is 16.5. The van der Waals surface area contributed by atoms with Gasteiger partial charge < -0.3 is 9.72 Å². The Kier molecular flexibility index (Phi) is 2.08. The summed E-state index contributed by atoms with van der Waals surface area (Å²) >= 11 is 0. The van der Waals surface area contributed by atoms with Crippen LogP contribution in [0.15, 0.2) is 23.3 Å². The minimum Gasteiger partial charge on any atom is -0.474 e. The van der Waals surface area contributed by atoms with Crippen LogP contribution in [0.4, 0.5) is 0 Å². The predicted octanol–water partition coefficient (Wildman–Crippen LogP) is 1.82. The molecule has 3 heteroatoms. The van der Waals surface area contributed by atoms with Gasteiger partial charge in [0.2, 0.25) is 5.90 Å². The number of aromatic nitrogens is 1. The third kappa shape index (κ3) is 1.59. The molecule has 0 bridgehead atoms. The number of aliphatic imine (C=N–C) groups is 1. The lowest BCUT2D eigenvalue weighted by atomic mass is 10.1. The lowest BCUT2D eigenvalue weighted by Crippen LogP contribution is -2.13. The van der Waals surface area contributed by atoms with Gasteiger partial charge in [0, 0.05) is 6.20 Å². The molecule has 70 valence electrons. The first kappa shape index (κ1) is 8.35. The zero-order valence-corrected chi connectivity index (χ0v) is 7.95. The second-order valence-corrected chi connectivity index (χ2v) is 3.64. The van der Waals surface area contributed by atoms with Gasteiger partial charge in [0.05, 0.1) is 6.04 Å². The van der Waals surface area contributed by atoms with E-state index in [4.69, 9.17) is 4.74 Å². The van der Waals surface area contributed by atoms with E-state index in [-0.39, 0.29) is 0 Å². The molecule has 0 fully saturated rings. The molecule has 1 aromatic heterocycles. The second kappa shape index (κ2) is 3.24. The van der Waals surface area contributed by atoms with E-state index in [0.717, 1.165) is 11.6 Å². The summed E-state index contributed by atoms with van der Waals surface area (Å²) in [6, 6.07) is 4.24. The van der Waals surface area contributed by atoms with Gasteiger partial charge in [-0.3, -0.25) is 0 Å². The third-order valence-electron chi connectivity index (χ3n) is 2.27. The molecule has 0 aromatic carbocycles. The van der Waals surface area contributed by atoms with Gasteiger partial charge in [0.15, 0.2) is 0 Å². The SMILES string of the molecule is CC(C)C1COC(c2ccc[nH]2)=N1. The van der Waals surface area contributed by atoms with Crippen LogP contribution in [0.1, 0.15) is 19.5 Å². The quantitative estimate of drug-likeness (QED) is 0.736. The molecule has 0 radical (unpaired) electrons. The van der Waals surface area contributed by atoms with E-state index in [1.165, 1.54) is 0 Å². The molecule has 3 nitrogen and oxygen atoms in total. The van der Waals surface area contributed by atoms with Crippen LogP contribution in [0.3, 0.4) is 0 Å². The zero-order valence-electron chi connectivity index (χ0n) is 7.95. The van der Waals surface area contributed by atoms with Gasteiger partial charge in [0.25, 0.3) is 0 Å². The minimum atomic E-state index is 0.318. The lowest BCUT2D eigenvalue weighted by Gasteiger charge is -2.06. The summed E-state index contributed by atoms with van der Waals surface area (Å²) in [7, 11) is 0. The van der Waals surface area contributed by atoms with Crippen LogP contribution >= 0.6 is 0 Å². The first-order valence-electron chi connectivity index (χ1n) is 4.61. The van der Waals surface area contributed by atoms with Gasteiger partial charge in [-0.05, 0) is 18.1 Å². The Morgan fingerprint density at radius 2 is 2.46 bits per heavy atom. The van der Waals surface area contributed by atoms with Crippen LogP contribution in [0.5, 0.6) is 0 Å². The molecule has 0 aliphatic carbocycles. The number of aromatic amines is 1. The largest absolute Gasteiger partial charge is 0.474 e. The molecule has 0 amide bonds. The van der Waals surface area contributed by atoms with Crippen LogP contribution in [0.2, 0.25) is 0 Å². The van der Waals surface area contributed by atoms with Crippen molar-refractivity contribution in [2.24, 2.45) is 10.9 Å². The molecule has 2 rings (SSSR count). The van der Waals surface area contributed by atoms with Crippen molar-refractivity contribution in [2.45, 2.75) is 19.9 Å². The second-order valence-electron chi connectivity index (χ2n) is 3.64. The smallest absolute Gasteiger partial charge is 0.233 e. The highest BCUT2D eigenvalue weighted by Crippen LogP contribution is 2.16. The maximum atomic E-state index is 5.49. The highest BCUT2D eigenvalue weighted by Gasteiger charge is 2.22. The van der Waals surface area contributed by atoms with Gasteiger partial charge in [-0.15, -0.1) is 0 Å². The summed E-state index contributed by atoms with van der Waals surface area (Å²) in [5.41, 5.74) is 0.975. The number of hydrogen-bond acceptors (Lipinski definition) is 2. The van der Waals surface area contributed by atoms with Gasteiger partial charge in [-0.25, -0.2) is 4.99 Å². The zero-order chi connectivity index (χ0) is 9.26. The molecule has 2 heterocycles. The topological polar surface area (TPSA) is 37.4 Å². The van der Waals surface area contributed by atoms with E-state index < -0.39 is 0 Å². The van der Waals surface area contributed by atoms with Crippen molar-refractivity contribution in [1.29, 1.82) is 0 Å². The van der Waals surface area contributed by atoms with Crippen molar-refractivity contribution in [3.63, 3.8) is 0 Å². The van der Waals surface area contributed by atoms with E-state index in [1.54, 1.807) is 0 Å². The predicted molar refractivity (Wildman–Crippen MR) is 51.9 cm³/mol. The summed E-state index contributed by atoms with van der Waals surface area (Å²) in [4.78, 5) is 7.58. The molecule has 1 N–H and O–H groups in total. The fourth-order valence-electron chi connectivity index (χ4n) is 1.34. The summed E-state index contributed by atoms with van der Waals surface area (Å²) in [6.07, 6.45) is 1.88. The molecule has 1 unspecified atom stereocenters. The van der Waals surface area contributed by atoms with E-state index >= 15 is 0 Å². The fourth-order valence-corrected chi connectivity index (χ4v) is 1.34. The monoisotopic (exact) mass is 178 g/mol. The summed E-state index contributed by atoms with van der Waals surface area (Å²) in [5, 5.41) is 0. The van der Waals surface area contributed by atoms with Gasteiger partial charge >= 0.3 is 0 Å². The summed E-state index contributed by atoms with van der Waals surface area (Å²) in [5.74, 6) is 1.30. The molecule has 1 aromatic rings. The highest BCUT2D eigenvalue weighted by molar-refractivity contribution is 5.93. The molecular formula is C10H14N2O. The normalized spacial score (nSPS) is 21.8. The number of H-pyrrole nitrogens is 1. The van der Waals surface area contributed by atoms with Gasteiger partial charge in [0.1, 0.15) is 12.3 Å². The number of rotatable bonds is 2. The summed E-state index contributed by atoms with van der Waals surface area (Å²) in [6.45, 7) is 5.04. The Hall–Kier alpha value is -1.25. The van der Waals surface area contributed by atoms with E-state index in [2.05, 4.69) is 23.8 Å². The van der Waals surface area contributed by atoms with Crippen molar-refractivity contribution < 1.29 is 4.74 Å². The van der Waals surface area contributed by atoms with Crippen molar-refractivity contribution in [3.8, 4) is 0 Å². The van der Waals surface area contributed by atoms with Gasteiger partial charge in [-0.1, -0.05) is 13.8 Å². The Balaban J connectivity index is 2.15. The standard InChI is InChI=1S/C10H14N2O/c1-7(2)9-6-13-10(12-9)8-4-3-5-11-8/h3-5,7,9,11H,6H2,1-2H3. The van der Waals surface area contributed by atoms with E-state index in [1.807, 2.05) is 18.3 Å². The molecule has 0 saturated carbocycles. The lowest BCUT2D eigenvalue weighted by molar-refractivity contribution is 0.291. The van der Waals surface area contributed by atoms with Crippen molar-refractivity contribution in [1.82, 2.24) is 4.98 Å². The molecule has 0 spiro atoms. The number of nitrogens with zero attached hydrogens (tertiary/aromatic N) is 1. The molecule has 1 aliphatic heterocycles. The van der Waals surface area contributed by atoms with E-state index in [9.17, 15) is 0 Å². The van der Waals surface area contributed by atoms with Crippen molar-refractivity contribution >= 4 is 5.90 Å². The Labute approximate surface area is 77.8 Å². The van der Waals surface area contributed by atoms with Crippen LogP contribution in [-0.4, -0.2) is 23.5 Å². The molecule has 1 atom stereocenters. The fraction of sp³-hybridized carbons (Fsp3) is 0.500. The Morgan fingerprint density at radius 3 is 3.00 bits per heavy atom. The minimum absolute atomic E-state index is 0.318. The Bertz CT molecular complexity index is 301. The molecule has 0 saturated heterocycles. The maximum Gasteiger partial charge on any atom is 0.233 e. The van der Waals surface area contributed by atoms with Crippen LogP contribution in [0.25, 0.3) is 0 Å². The molecular weight excluding hydrogens is 164 g/mol. The van der Waals surface area contributed by atoms with Gasteiger partial charge in [-0.2, -0.15) is 0 Å². The maximum absolute atomic E-state index is 5.49. The third-order valence-corrected chi connectivity index (χ3v) is 2.27. The van der Waals surface area contributed by atoms with E-state index in [0.29, 0.717) is 18.6 Å². The van der Waals surface area contributed by atoms with Crippen LogP contribution in [-0.2, 0) is 4.74 Å². The number of hydrogen-bond donors (Lipinski definition) is 1. The first-order chi connectivity index (χ1) is 6.27. The average molecular weight is 178 g/mol. The first-order valence-corrected chi connectivity index (χ1v) is 4.61. The number of ether oxygens (including phenoxy) is 1. The summed E-state index contributed by atoms with van der Waals surface area (Å²) < 4.78 is 5.49. The Morgan fingerprint density at radius 1 is 1.62 bits per heavy atom. The average Bonchev–Trinajstić information content (AvgIpc) is 2.75. The molecule has 13 heavy (non-hydrogen) atoms. The molecule has 1 aliphatic rings. The van der Waals surface area contributed by atoms with Crippen molar-refractivity contribution in [3.05, 3.63) is 24.0 Å². The van der Waals surface area contributed by atoms with Crippen LogP contribution in [0, 0.1) is 5.92 Å².